The van der Waals surface area contributed by atoms with Crippen LogP contribution in [0.1, 0.15) is 16.7 Å². The van der Waals surface area contributed by atoms with E-state index in [1.807, 2.05) is 76.5 Å². The maximum atomic E-state index is 13.4. The molecule has 31 heavy (non-hydrogen) atoms. The average Bonchev–Trinajstić information content (AvgIpc) is 3.15. The van der Waals surface area contributed by atoms with Gasteiger partial charge in [0.25, 0.3) is 0 Å². The van der Waals surface area contributed by atoms with Crippen molar-refractivity contribution in [3.8, 4) is 11.8 Å². The Balaban J connectivity index is 1.63. The van der Waals surface area contributed by atoms with Crippen LogP contribution in [-0.4, -0.2) is 30.6 Å². The Bertz CT molecular complexity index is 1120. The van der Waals surface area contributed by atoms with Gasteiger partial charge in [0.05, 0.1) is 24.8 Å². The molecule has 4 rings (SSSR count). The summed E-state index contributed by atoms with van der Waals surface area (Å²) in [5.41, 5.74) is 4.24. The van der Waals surface area contributed by atoms with E-state index in [9.17, 15) is 4.79 Å². The Morgan fingerprint density at radius 1 is 1.06 bits per heavy atom. The first-order valence-corrected chi connectivity index (χ1v) is 10.1. The molecule has 154 valence electrons. The number of benzene rings is 3. The molecule has 1 fully saturated rings. The lowest BCUT2D eigenvalue weighted by atomic mass is 9.98. The number of methoxy groups -OCH3 is 1. The second-order valence-electron chi connectivity index (χ2n) is 7.45. The summed E-state index contributed by atoms with van der Waals surface area (Å²) in [7, 11) is 1.64. The highest BCUT2D eigenvalue weighted by molar-refractivity contribution is 5.98. The third-order valence-corrected chi connectivity index (χ3v) is 5.54. The molecule has 1 unspecified atom stereocenters. The van der Waals surface area contributed by atoms with Crippen molar-refractivity contribution >= 4 is 17.3 Å². The number of amides is 2. The van der Waals surface area contributed by atoms with Gasteiger partial charge in [-0.2, -0.15) is 5.26 Å². The van der Waals surface area contributed by atoms with Crippen LogP contribution in [0.15, 0.2) is 85.4 Å². The van der Waals surface area contributed by atoms with E-state index < -0.39 is 0 Å². The minimum absolute atomic E-state index is 0.0539. The first-order valence-electron chi connectivity index (χ1n) is 10.1. The highest BCUT2D eigenvalue weighted by atomic mass is 16.5. The van der Waals surface area contributed by atoms with E-state index in [-0.39, 0.29) is 12.1 Å². The zero-order chi connectivity index (χ0) is 21.8. The van der Waals surface area contributed by atoms with Crippen molar-refractivity contribution < 1.29 is 9.53 Å². The van der Waals surface area contributed by atoms with Crippen LogP contribution in [-0.2, 0) is 6.54 Å². The maximum absolute atomic E-state index is 13.4. The number of ether oxygens (including phenoxy) is 1. The molecule has 1 aliphatic heterocycles. The number of nitrogens with zero attached hydrogens (tertiary/aromatic N) is 3. The lowest BCUT2D eigenvalue weighted by molar-refractivity contribution is 0.218. The van der Waals surface area contributed by atoms with Gasteiger partial charge in [-0.15, -0.1) is 0 Å². The molecule has 0 aromatic heterocycles. The number of nitriles is 1. The van der Waals surface area contributed by atoms with Gasteiger partial charge in [0.15, 0.2) is 0 Å². The minimum atomic E-state index is -0.207. The van der Waals surface area contributed by atoms with Gasteiger partial charge in [0.2, 0.25) is 0 Å². The predicted octanol–water partition coefficient (Wildman–Crippen LogP) is 5.09. The summed E-state index contributed by atoms with van der Waals surface area (Å²) in [5.74, 6) is 0.787. The molecule has 0 spiro atoms. The molecule has 3 aromatic rings. The minimum Gasteiger partial charge on any atom is -0.497 e. The van der Waals surface area contributed by atoms with Gasteiger partial charge in [-0.3, -0.25) is 4.90 Å². The smallest absolute Gasteiger partial charge is 0.325 e. The van der Waals surface area contributed by atoms with Crippen LogP contribution in [0.25, 0.3) is 5.57 Å². The molecule has 0 radical (unpaired) electrons. The van der Waals surface area contributed by atoms with Gasteiger partial charge < -0.3 is 9.64 Å². The van der Waals surface area contributed by atoms with Gasteiger partial charge in [0, 0.05) is 18.8 Å². The molecule has 0 N–H and O–H groups in total. The fraction of sp³-hybridized carbons (Fsp3) is 0.154. The van der Waals surface area contributed by atoms with E-state index in [0.29, 0.717) is 18.7 Å². The molecular formula is C26H23N3O2. The highest BCUT2D eigenvalue weighted by Crippen LogP contribution is 2.33. The molecule has 0 aliphatic carbocycles. The molecule has 1 aliphatic rings. The Hall–Kier alpha value is -4.04. The van der Waals surface area contributed by atoms with Crippen LogP contribution < -0.4 is 9.64 Å². The van der Waals surface area contributed by atoms with Crippen LogP contribution in [0.4, 0.5) is 10.5 Å². The summed E-state index contributed by atoms with van der Waals surface area (Å²) in [6, 6.07) is 26.6. The van der Waals surface area contributed by atoms with Crippen molar-refractivity contribution in [2.24, 2.45) is 0 Å². The Morgan fingerprint density at radius 3 is 2.35 bits per heavy atom. The Morgan fingerprint density at radius 2 is 1.74 bits per heavy atom. The van der Waals surface area contributed by atoms with Crippen molar-refractivity contribution in [1.29, 1.82) is 5.26 Å². The van der Waals surface area contributed by atoms with Gasteiger partial charge in [-0.25, -0.2) is 4.79 Å². The van der Waals surface area contributed by atoms with E-state index in [2.05, 4.69) is 12.6 Å². The van der Waals surface area contributed by atoms with Crippen molar-refractivity contribution in [2.45, 2.75) is 12.6 Å². The first-order chi connectivity index (χ1) is 15.1. The molecule has 3 aromatic carbocycles. The number of anilines is 1. The average molecular weight is 409 g/mol. The van der Waals surface area contributed by atoms with Gasteiger partial charge in [-0.1, -0.05) is 49.0 Å². The third kappa shape index (κ3) is 4.15. The Labute approximate surface area is 182 Å². The zero-order valence-corrected chi connectivity index (χ0v) is 17.4. The number of carbonyl (C=O) groups is 1. The second-order valence-corrected chi connectivity index (χ2v) is 7.45. The zero-order valence-electron chi connectivity index (χ0n) is 17.4. The van der Waals surface area contributed by atoms with Gasteiger partial charge in [-0.05, 0) is 53.1 Å². The number of hydrogen-bond donors (Lipinski definition) is 0. The lowest BCUT2D eigenvalue weighted by Gasteiger charge is -2.25. The normalized spacial score (nSPS) is 15.6. The van der Waals surface area contributed by atoms with E-state index >= 15 is 0 Å². The quantitative estimate of drug-likeness (QED) is 0.570. The number of carbonyl (C=O) groups excluding carboxylic acids is 1. The fourth-order valence-electron chi connectivity index (χ4n) is 3.83. The van der Waals surface area contributed by atoms with Crippen molar-refractivity contribution in [3.05, 3.63) is 102 Å². The van der Waals surface area contributed by atoms with Crippen LogP contribution in [0.3, 0.4) is 0 Å². The summed E-state index contributed by atoms with van der Waals surface area (Å²) >= 11 is 0. The first kappa shape index (κ1) is 20.2. The van der Waals surface area contributed by atoms with E-state index in [0.717, 1.165) is 28.1 Å². The molecule has 1 atom stereocenters. The number of rotatable bonds is 6. The molecule has 0 bridgehead atoms. The number of urea groups is 1. The number of hydrogen-bond acceptors (Lipinski definition) is 3. The standard InChI is InChI=1S/C26H23N3O2/c1-19(22-12-8-20(16-27)9-13-22)25-18-28(17-21-10-14-24(31-2)15-11-21)26(30)29(25)23-6-4-3-5-7-23/h3-15,25H,1,17-18H2,2H3. The summed E-state index contributed by atoms with van der Waals surface area (Å²) in [6.07, 6.45) is 0. The topological polar surface area (TPSA) is 56.6 Å². The monoisotopic (exact) mass is 409 g/mol. The van der Waals surface area contributed by atoms with Crippen molar-refractivity contribution in [3.63, 3.8) is 0 Å². The molecule has 1 heterocycles. The maximum Gasteiger partial charge on any atom is 0.325 e. The van der Waals surface area contributed by atoms with E-state index in [1.165, 1.54) is 0 Å². The van der Waals surface area contributed by atoms with Crippen molar-refractivity contribution in [1.82, 2.24) is 4.90 Å². The Kier molecular flexibility index (Phi) is 5.72. The van der Waals surface area contributed by atoms with Crippen molar-refractivity contribution in [2.75, 3.05) is 18.6 Å². The largest absolute Gasteiger partial charge is 0.497 e. The summed E-state index contributed by atoms with van der Waals surface area (Å²) in [4.78, 5) is 17.1. The molecule has 5 heteroatoms. The summed E-state index contributed by atoms with van der Waals surface area (Å²) < 4.78 is 5.23. The molecule has 1 saturated heterocycles. The molecule has 2 amide bonds. The molecule has 5 nitrogen and oxygen atoms in total. The summed E-state index contributed by atoms with van der Waals surface area (Å²) in [5, 5.41) is 9.07. The van der Waals surface area contributed by atoms with Crippen LogP contribution in [0, 0.1) is 11.3 Å². The molecule has 0 saturated carbocycles. The van der Waals surface area contributed by atoms with E-state index in [1.54, 1.807) is 19.2 Å². The summed E-state index contributed by atoms with van der Waals surface area (Å²) in [6.45, 7) is 5.35. The van der Waals surface area contributed by atoms with Crippen LogP contribution in [0.5, 0.6) is 5.75 Å². The highest BCUT2D eigenvalue weighted by Gasteiger charge is 2.39. The molecular weight excluding hydrogens is 386 g/mol. The third-order valence-electron chi connectivity index (χ3n) is 5.54. The van der Waals surface area contributed by atoms with E-state index in [4.69, 9.17) is 10.00 Å². The number of para-hydroxylation sites is 1. The predicted molar refractivity (Wildman–Crippen MR) is 122 cm³/mol. The van der Waals surface area contributed by atoms with Gasteiger partial charge in [0.1, 0.15) is 5.75 Å². The second kappa shape index (κ2) is 8.76. The van der Waals surface area contributed by atoms with Gasteiger partial charge >= 0.3 is 6.03 Å². The lowest BCUT2D eigenvalue weighted by Crippen LogP contribution is -2.35. The van der Waals surface area contributed by atoms with Crippen LogP contribution in [0.2, 0.25) is 0 Å². The van der Waals surface area contributed by atoms with Crippen LogP contribution >= 0.6 is 0 Å². The SMILES string of the molecule is C=C(c1ccc(C#N)cc1)C1CN(Cc2ccc(OC)cc2)C(=O)N1c1ccccc1. The fourth-order valence-corrected chi connectivity index (χ4v) is 3.83.